The predicted molar refractivity (Wildman–Crippen MR) is 120 cm³/mol. The minimum atomic E-state index is -3.36. The number of aromatic amines is 1. The molecule has 0 spiro atoms. The van der Waals surface area contributed by atoms with Crippen molar-refractivity contribution >= 4 is 26.8 Å². The summed E-state index contributed by atoms with van der Waals surface area (Å²) < 4.78 is 25.1. The molecule has 1 fully saturated rings. The Morgan fingerprint density at radius 2 is 1.97 bits per heavy atom. The van der Waals surface area contributed by atoms with E-state index in [1.807, 2.05) is 29.2 Å². The van der Waals surface area contributed by atoms with Crippen molar-refractivity contribution in [1.29, 1.82) is 0 Å². The van der Waals surface area contributed by atoms with Gasteiger partial charge in [-0.1, -0.05) is 32.9 Å². The Labute approximate surface area is 182 Å². The number of hydrogen-bond acceptors (Lipinski definition) is 4. The first-order valence-corrected chi connectivity index (χ1v) is 12.5. The van der Waals surface area contributed by atoms with Crippen LogP contribution in [0.15, 0.2) is 47.6 Å². The molecule has 2 aromatic carbocycles. The first kappa shape index (κ1) is 20.2. The number of benzene rings is 2. The zero-order valence-electron chi connectivity index (χ0n) is 18.3. The van der Waals surface area contributed by atoms with E-state index >= 15 is 0 Å². The van der Waals surface area contributed by atoms with Crippen molar-refractivity contribution in [1.82, 2.24) is 14.9 Å². The Balaban J connectivity index is 1.62. The molecule has 1 aliphatic carbocycles. The van der Waals surface area contributed by atoms with E-state index in [2.05, 4.69) is 36.8 Å². The van der Waals surface area contributed by atoms with Crippen LogP contribution in [0.25, 0.3) is 11.0 Å². The van der Waals surface area contributed by atoms with Crippen LogP contribution in [0.5, 0.6) is 0 Å². The van der Waals surface area contributed by atoms with Gasteiger partial charge in [-0.25, -0.2) is 13.4 Å². The molecule has 1 amide bonds. The monoisotopic (exact) mass is 437 g/mol. The van der Waals surface area contributed by atoms with Gasteiger partial charge in [-0.05, 0) is 53.6 Å². The van der Waals surface area contributed by atoms with Gasteiger partial charge in [-0.3, -0.25) is 4.79 Å². The molecule has 2 atom stereocenters. The highest BCUT2D eigenvalue weighted by atomic mass is 32.2. The number of rotatable bonds is 2. The summed E-state index contributed by atoms with van der Waals surface area (Å²) in [6, 6.07) is 11.1. The lowest BCUT2D eigenvalue weighted by atomic mass is 9.51. The van der Waals surface area contributed by atoms with Gasteiger partial charge in [0.1, 0.15) is 0 Å². The normalized spacial score (nSPS) is 24.8. The van der Waals surface area contributed by atoms with Crippen LogP contribution < -0.4 is 0 Å². The van der Waals surface area contributed by atoms with Crippen LogP contribution in [-0.2, 0) is 21.7 Å². The largest absolute Gasteiger partial charge is 0.345 e. The molecule has 2 heterocycles. The smallest absolute Gasteiger partial charge is 0.254 e. The van der Waals surface area contributed by atoms with Gasteiger partial charge in [-0.2, -0.15) is 0 Å². The quantitative estimate of drug-likeness (QED) is 0.662. The summed E-state index contributed by atoms with van der Waals surface area (Å²) in [4.78, 5) is 23.3. The second kappa shape index (κ2) is 6.42. The average molecular weight is 438 g/mol. The van der Waals surface area contributed by atoms with Gasteiger partial charge in [0.2, 0.25) is 0 Å². The summed E-state index contributed by atoms with van der Waals surface area (Å²) in [5.41, 5.74) is 3.85. The summed E-state index contributed by atoms with van der Waals surface area (Å²) >= 11 is 0. The van der Waals surface area contributed by atoms with E-state index in [-0.39, 0.29) is 22.8 Å². The van der Waals surface area contributed by atoms with Crippen LogP contribution in [-0.4, -0.2) is 48.0 Å². The van der Waals surface area contributed by atoms with Crippen LogP contribution >= 0.6 is 0 Å². The van der Waals surface area contributed by atoms with Crippen LogP contribution in [0, 0.1) is 5.41 Å². The highest BCUT2D eigenvalue weighted by Gasteiger charge is 2.57. The fourth-order valence-electron chi connectivity index (χ4n) is 5.74. The maximum atomic E-state index is 13.6. The van der Waals surface area contributed by atoms with Crippen molar-refractivity contribution in [3.05, 3.63) is 59.4 Å². The fourth-order valence-corrected chi connectivity index (χ4v) is 6.70. The molecule has 162 valence electrons. The summed E-state index contributed by atoms with van der Waals surface area (Å²) in [7, 11) is -3.36. The van der Waals surface area contributed by atoms with Crippen molar-refractivity contribution in [2.75, 3.05) is 12.8 Å². The number of hydrogen-bond donors (Lipinski definition) is 1. The highest BCUT2D eigenvalue weighted by Crippen LogP contribution is 2.56. The molecule has 2 bridgehead atoms. The number of nitrogens with one attached hydrogen (secondary N) is 1. The molecule has 0 saturated carbocycles. The number of fused-ring (bicyclic) bond motifs is 5. The Morgan fingerprint density at radius 3 is 2.71 bits per heavy atom. The Hall–Kier alpha value is -2.67. The zero-order chi connectivity index (χ0) is 22.2. The predicted octanol–water partition coefficient (Wildman–Crippen LogP) is 3.72. The highest BCUT2D eigenvalue weighted by molar-refractivity contribution is 7.90. The van der Waals surface area contributed by atoms with E-state index < -0.39 is 9.84 Å². The molecule has 1 N–H and O–H groups in total. The van der Waals surface area contributed by atoms with E-state index in [0.29, 0.717) is 23.4 Å². The fraction of sp³-hybridized carbons (Fsp3) is 0.417. The van der Waals surface area contributed by atoms with E-state index in [0.717, 1.165) is 28.6 Å². The zero-order valence-corrected chi connectivity index (χ0v) is 19.1. The van der Waals surface area contributed by atoms with Gasteiger partial charge < -0.3 is 9.88 Å². The van der Waals surface area contributed by atoms with Crippen molar-refractivity contribution < 1.29 is 13.2 Å². The third-order valence-electron chi connectivity index (χ3n) is 7.94. The summed E-state index contributed by atoms with van der Waals surface area (Å²) in [6.45, 7) is 7.30. The van der Waals surface area contributed by atoms with Crippen LogP contribution in [0.2, 0.25) is 0 Å². The first-order chi connectivity index (χ1) is 14.5. The summed E-state index contributed by atoms with van der Waals surface area (Å²) in [5, 5.41) is 0. The number of imidazole rings is 1. The lowest BCUT2D eigenvalue weighted by Gasteiger charge is -2.61. The molecule has 0 radical (unpaired) electrons. The maximum Gasteiger partial charge on any atom is 0.254 e. The third kappa shape index (κ3) is 2.79. The molecule has 5 rings (SSSR count). The van der Waals surface area contributed by atoms with Crippen molar-refractivity contribution in [3.63, 3.8) is 0 Å². The lowest BCUT2D eigenvalue weighted by molar-refractivity contribution is -0.0267. The number of nitrogens with zero attached hydrogens (tertiary/aromatic N) is 2. The number of likely N-dealkylation sites (tertiary alicyclic amines) is 1. The molecule has 7 heteroatoms. The van der Waals surface area contributed by atoms with E-state index in [4.69, 9.17) is 0 Å². The van der Waals surface area contributed by atoms with Gasteiger partial charge in [0.15, 0.2) is 9.84 Å². The second-order valence-corrected chi connectivity index (χ2v) is 11.7. The molecular formula is C24H27N3O3S. The molecule has 1 aromatic heterocycles. The minimum absolute atomic E-state index is 0.0167. The summed E-state index contributed by atoms with van der Waals surface area (Å²) in [5.74, 6) is -0.0167. The average Bonchev–Trinajstić information content (AvgIpc) is 3.17. The van der Waals surface area contributed by atoms with Gasteiger partial charge in [-0.15, -0.1) is 0 Å². The number of carbonyl (C=O) groups excluding carboxylic acids is 1. The third-order valence-corrected chi connectivity index (χ3v) is 9.12. The number of aromatic nitrogens is 2. The van der Waals surface area contributed by atoms with Gasteiger partial charge >= 0.3 is 0 Å². The van der Waals surface area contributed by atoms with E-state index in [1.54, 1.807) is 12.4 Å². The number of carbonyl (C=O) groups is 1. The molecule has 3 aromatic rings. The number of piperidine rings is 1. The Morgan fingerprint density at radius 1 is 1.19 bits per heavy atom. The van der Waals surface area contributed by atoms with Crippen LogP contribution in [0.3, 0.4) is 0 Å². The van der Waals surface area contributed by atoms with E-state index in [9.17, 15) is 13.2 Å². The molecule has 0 unspecified atom stereocenters. The topological polar surface area (TPSA) is 83.1 Å². The molecular weight excluding hydrogens is 410 g/mol. The van der Waals surface area contributed by atoms with Gasteiger partial charge in [0.05, 0.1) is 22.3 Å². The van der Waals surface area contributed by atoms with E-state index in [1.165, 1.54) is 6.26 Å². The molecule has 6 nitrogen and oxygen atoms in total. The SMILES string of the molecule is CC1(C)[C@H]2Cc3c(cccc3S(C)(=O)=O)[C@]1(C)CCN2C(=O)c1ccc2nc[nH]c2c1. The minimum Gasteiger partial charge on any atom is -0.345 e. The number of sulfone groups is 1. The number of H-pyrrole nitrogens is 1. The number of amides is 1. The Kier molecular flexibility index (Phi) is 4.19. The van der Waals surface area contributed by atoms with Crippen molar-refractivity contribution in [3.8, 4) is 0 Å². The van der Waals surface area contributed by atoms with Crippen LogP contribution in [0.4, 0.5) is 0 Å². The second-order valence-electron chi connectivity index (χ2n) is 9.71. The maximum absolute atomic E-state index is 13.6. The molecule has 2 aliphatic rings. The first-order valence-electron chi connectivity index (χ1n) is 10.6. The molecule has 31 heavy (non-hydrogen) atoms. The van der Waals surface area contributed by atoms with Gasteiger partial charge in [0.25, 0.3) is 5.91 Å². The standard InChI is InChI=1S/C24H27N3O3S/c1-23(2)21-13-16-17(6-5-7-20(16)31(4,29)30)24(23,3)10-11-27(21)22(28)15-8-9-18-19(12-15)26-14-25-18/h5-9,12,14,21H,10-11,13H2,1-4H3,(H,25,26)/t21-,24+/m1/s1. The van der Waals surface area contributed by atoms with Crippen LogP contribution in [0.1, 0.15) is 48.7 Å². The molecule has 1 saturated heterocycles. The Bertz CT molecular complexity index is 1320. The van der Waals surface area contributed by atoms with Crippen molar-refractivity contribution in [2.24, 2.45) is 5.41 Å². The summed E-state index contributed by atoms with van der Waals surface area (Å²) in [6.07, 6.45) is 4.22. The van der Waals surface area contributed by atoms with Crippen molar-refractivity contribution in [2.45, 2.75) is 50.0 Å². The molecule has 1 aliphatic heterocycles. The van der Waals surface area contributed by atoms with Gasteiger partial charge in [0, 0.05) is 29.8 Å². The lowest BCUT2D eigenvalue weighted by Crippen LogP contribution is -2.65.